The van der Waals surface area contributed by atoms with E-state index in [0.29, 0.717) is 0 Å². The van der Waals surface area contributed by atoms with Gasteiger partial charge in [0.05, 0.1) is 19.6 Å². The Morgan fingerprint density at radius 2 is 1.91 bits per heavy atom. The fraction of sp³-hybridized carbons (Fsp3) is 0.250. The molecular formula is C16H17N3O4. The maximum atomic E-state index is 12.3. The second-order valence-electron chi connectivity index (χ2n) is 4.90. The maximum absolute atomic E-state index is 12.3. The van der Waals surface area contributed by atoms with Crippen LogP contribution in [0.1, 0.15) is 28.5 Å². The molecule has 23 heavy (non-hydrogen) atoms. The van der Waals surface area contributed by atoms with Gasteiger partial charge in [0.2, 0.25) is 0 Å². The van der Waals surface area contributed by atoms with Crippen LogP contribution >= 0.6 is 0 Å². The molecule has 1 atom stereocenters. The molecule has 1 aromatic carbocycles. The molecule has 0 radical (unpaired) electrons. The van der Waals surface area contributed by atoms with E-state index in [-0.39, 0.29) is 17.7 Å². The number of aryl methyl sites for hydroxylation is 1. The Balaban J connectivity index is 2.22. The van der Waals surface area contributed by atoms with Gasteiger partial charge in [-0.15, -0.1) is 0 Å². The summed E-state index contributed by atoms with van der Waals surface area (Å²) in [6, 6.07) is 11.2. The van der Waals surface area contributed by atoms with Crippen molar-refractivity contribution < 1.29 is 14.3 Å². The minimum absolute atomic E-state index is 0.00197. The van der Waals surface area contributed by atoms with Crippen LogP contribution in [0.3, 0.4) is 0 Å². The number of ether oxygens (including phenoxy) is 1. The van der Waals surface area contributed by atoms with Gasteiger partial charge in [-0.2, -0.15) is 5.10 Å². The first-order valence-electron chi connectivity index (χ1n) is 6.98. The third-order valence-corrected chi connectivity index (χ3v) is 3.30. The molecule has 0 aliphatic rings. The van der Waals surface area contributed by atoms with E-state index in [4.69, 9.17) is 0 Å². The quantitative estimate of drug-likeness (QED) is 0.825. The third-order valence-electron chi connectivity index (χ3n) is 3.30. The first-order valence-corrected chi connectivity index (χ1v) is 6.98. The Morgan fingerprint density at radius 1 is 1.22 bits per heavy atom. The van der Waals surface area contributed by atoms with E-state index in [1.807, 2.05) is 30.3 Å². The van der Waals surface area contributed by atoms with Crippen molar-refractivity contribution in [3.05, 3.63) is 64.1 Å². The van der Waals surface area contributed by atoms with Crippen molar-refractivity contribution in [2.75, 3.05) is 7.11 Å². The second-order valence-corrected chi connectivity index (χ2v) is 4.90. The van der Waals surface area contributed by atoms with Gasteiger partial charge in [-0.25, -0.2) is 4.68 Å². The lowest BCUT2D eigenvalue weighted by atomic mass is 10.0. The number of benzene rings is 1. The molecule has 7 nitrogen and oxygen atoms in total. The number of nitrogens with one attached hydrogen (secondary N) is 1. The molecule has 120 valence electrons. The predicted molar refractivity (Wildman–Crippen MR) is 82.8 cm³/mol. The fourth-order valence-electron chi connectivity index (χ4n) is 2.04. The standard InChI is InChI=1S/C16H17N3O4/c1-19-14(20)9-8-12(18-19)16(22)17-13(10-15(21)23-2)11-6-4-3-5-7-11/h3-9,13H,10H2,1-2H3,(H,17,22)/t13-/m0/s1. The molecule has 0 saturated carbocycles. The summed E-state index contributed by atoms with van der Waals surface area (Å²) in [4.78, 5) is 35.2. The van der Waals surface area contributed by atoms with E-state index in [2.05, 4.69) is 15.2 Å². The van der Waals surface area contributed by atoms with Gasteiger partial charge in [-0.05, 0) is 11.6 Å². The number of hydrogen-bond acceptors (Lipinski definition) is 5. The van der Waals surface area contributed by atoms with Crippen LogP contribution in [0.4, 0.5) is 0 Å². The van der Waals surface area contributed by atoms with Crippen LogP contribution < -0.4 is 10.9 Å². The number of esters is 1. The molecule has 0 spiro atoms. The summed E-state index contributed by atoms with van der Waals surface area (Å²) in [6.45, 7) is 0. The largest absolute Gasteiger partial charge is 0.469 e. The lowest BCUT2D eigenvalue weighted by Crippen LogP contribution is -2.32. The van der Waals surface area contributed by atoms with E-state index in [0.717, 1.165) is 10.2 Å². The topological polar surface area (TPSA) is 90.3 Å². The van der Waals surface area contributed by atoms with Gasteiger partial charge in [-0.3, -0.25) is 14.4 Å². The predicted octanol–water partition coefficient (Wildman–Crippen LogP) is 0.814. The Labute approximate surface area is 132 Å². The van der Waals surface area contributed by atoms with Crippen molar-refractivity contribution in [1.82, 2.24) is 15.1 Å². The van der Waals surface area contributed by atoms with E-state index in [9.17, 15) is 14.4 Å². The third kappa shape index (κ3) is 4.26. The zero-order chi connectivity index (χ0) is 16.8. The van der Waals surface area contributed by atoms with Gasteiger partial charge in [0.25, 0.3) is 11.5 Å². The second kappa shape index (κ2) is 7.35. The monoisotopic (exact) mass is 315 g/mol. The SMILES string of the molecule is COC(=O)C[C@H](NC(=O)c1ccc(=O)n(C)n1)c1ccccc1. The van der Waals surface area contributed by atoms with E-state index in [1.54, 1.807) is 0 Å². The molecule has 7 heteroatoms. The summed E-state index contributed by atoms with van der Waals surface area (Å²) in [5, 5.41) is 6.64. The molecule has 0 aliphatic heterocycles. The molecule has 0 fully saturated rings. The van der Waals surface area contributed by atoms with Crippen LogP contribution in [0.15, 0.2) is 47.3 Å². The zero-order valence-electron chi connectivity index (χ0n) is 12.9. The number of methoxy groups -OCH3 is 1. The smallest absolute Gasteiger partial charge is 0.307 e. The van der Waals surface area contributed by atoms with E-state index in [1.165, 1.54) is 26.3 Å². The average Bonchev–Trinajstić information content (AvgIpc) is 2.57. The number of rotatable bonds is 5. The van der Waals surface area contributed by atoms with Gasteiger partial charge in [0.15, 0.2) is 0 Å². The van der Waals surface area contributed by atoms with Crippen molar-refractivity contribution in [2.45, 2.75) is 12.5 Å². The van der Waals surface area contributed by atoms with Crippen LogP contribution in [0, 0.1) is 0 Å². The summed E-state index contributed by atoms with van der Waals surface area (Å²) in [7, 11) is 2.75. The highest BCUT2D eigenvalue weighted by atomic mass is 16.5. The van der Waals surface area contributed by atoms with Crippen molar-refractivity contribution >= 4 is 11.9 Å². The van der Waals surface area contributed by atoms with Gasteiger partial charge in [-0.1, -0.05) is 30.3 Å². The summed E-state index contributed by atoms with van der Waals surface area (Å²) in [6.07, 6.45) is -0.00197. The maximum Gasteiger partial charge on any atom is 0.307 e. The Bertz CT molecular complexity index is 755. The van der Waals surface area contributed by atoms with Gasteiger partial charge in [0.1, 0.15) is 5.69 Å². The average molecular weight is 315 g/mol. The minimum Gasteiger partial charge on any atom is -0.469 e. The molecule has 1 aromatic heterocycles. The Morgan fingerprint density at radius 3 is 2.52 bits per heavy atom. The van der Waals surface area contributed by atoms with Crippen LogP contribution in [0.25, 0.3) is 0 Å². The highest BCUT2D eigenvalue weighted by Crippen LogP contribution is 2.17. The molecule has 0 bridgehead atoms. The number of carbonyl (C=O) groups excluding carboxylic acids is 2. The highest BCUT2D eigenvalue weighted by molar-refractivity contribution is 5.92. The summed E-state index contributed by atoms with van der Waals surface area (Å²) in [5.41, 5.74) is 0.560. The first kappa shape index (κ1) is 16.4. The molecular weight excluding hydrogens is 298 g/mol. The van der Waals surface area contributed by atoms with Crippen LogP contribution in [-0.2, 0) is 16.6 Å². The molecule has 1 N–H and O–H groups in total. The molecule has 1 heterocycles. The molecule has 2 aromatic rings. The molecule has 2 rings (SSSR count). The summed E-state index contributed by atoms with van der Waals surface area (Å²) < 4.78 is 5.75. The number of aromatic nitrogens is 2. The first-order chi connectivity index (χ1) is 11.0. The number of hydrogen-bond donors (Lipinski definition) is 1. The van der Waals surface area contributed by atoms with Gasteiger partial charge in [0, 0.05) is 13.1 Å². The number of carbonyl (C=O) groups is 2. The van der Waals surface area contributed by atoms with Crippen LogP contribution in [0.2, 0.25) is 0 Å². The van der Waals surface area contributed by atoms with Gasteiger partial charge < -0.3 is 10.1 Å². The summed E-state index contributed by atoms with van der Waals surface area (Å²) in [5.74, 6) is -0.911. The van der Waals surface area contributed by atoms with E-state index >= 15 is 0 Å². The number of amides is 1. The minimum atomic E-state index is -0.546. The van der Waals surface area contributed by atoms with Crippen molar-refractivity contribution in [1.29, 1.82) is 0 Å². The zero-order valence-corrected chi connectivity index (χ0v) is 12.9. The Hall–Kier alpha value is -2.96. The lowest BCUT2D eigenvalue weighted by Gasteiger charge is -2.18. The lowest BCUT2D eigenvalue weighted by molar-refractivity contribution is -0.141. The van der Waals surface area contributed by atoms with Gasteiger partial charge >= 0.3 is 5.97 Å². The normalized spacial score (nSPS) is 11.6. The van der Waals surface area contributed by atoms with Crippen LogP contribution in [0.5, 0.6) is 0 Å². The van der Waals surface area contributed by atoms with E-state index < -0.39 is 17.9 Å². The highest BCUT2D eigenvalue weighted by Gasteiger charge is 2.20. The number of nitrogens with zero attached hydrogens (tertiary/aromatic N) is 2. The van der Waals surface area contributed by atoms with Crippen molar-refractivity contribution in [3.63, 3.8) is 0 Å². The van der Waals surface area contributed by atoms with Crippen molar-refractivity contribution in [3.8, 4) is 0 Å². The Kier molecular flexibility index (Phi) is 5.24. The molecule has 0 unspecified atom stereocenters. The molecule has 1 amide bonds. The van der Waals surface area contributed by atoms with Crippen molar-refractivity contribution in [2.24, 2.45) is 7.05 Å². The van der Waals surface area contributed by atoms with Crippen LogP contribution in [-0.4, -0.2) is 28.8 Å². The fourth-order valence-corrected chi connectivity index (χ4v) is 2.04. The molecule has 0 aliphatic carbocycles. The summed E-state index contributed by atoms with van der Waals surface area (Å²) >= 11 is 0. The molecule has 0 saturated heterocycles.